The molecule has 7 heteroatoms. The summed E-state index contributed by atoms with van der Waals surface area (Å²) in [5.41, 5.74) is 0.503. The summed E-state index contributed by atoms with van der Waals surface area (Å²) in [4.78, 5) is 18.2. The fraction of sp³-hybridized carbons (Fsp3) is 0.708. The van der Waals surface area contributed by atoms with E-state index in [1.807, 2.05) is 4.90 Å². The lowest BCUT2D eigenvalue weighted by Crippen LogP contribution is -2.49. The molecule has 1 saturated carbocycles. The smallest absolute Gasteiger partial charge is 0.375 e. The molecule has 2 saturated heterocycles. The van der Waals surface area contributed by atoms with E-state index in [-0.39, 0.29) is 18.4 Å². The van der Waals surface area contributed by atoms with Crippen LogP contribution in [0.1, 0.15) is 56.2 Å². The molecule has 2 bridgehead atoms. The van der Waals surface area contributed by atoms with Crippen molar-refractivity contribution in [2.45, 2.75) is 76.9 Å². The number of alkyl halides is 3. The highest BCUT2D eigenvalue weighted by Gasteiger charge is 2.53. The van der Waals surface area contributed by atoms with Crippen molar-refractivity contribution >= 4 is 5.91 Å². The number of halogens is 3. The fourth-order valence-corrected chi connectivity index (χ4v) is 6.40. The number of nitrogens with zero attached hydrogens (tertiary/aromatic N) is 2. The molecule has 4 atom stereocenters. The molecule has 5 rings (SSSR count). The summed E-state index contributed by atoms with van der Waals surface area (Å²) in [6.45, 7) is 6.87. The number of benzene rings is 1. The molecule has 0 N–H and O–H groups in total. The Morgan fingerprint density at radius 3 is 2.68 bits per heavy atom. The van der Waals surface area contributed by atoms with Gasteiger partial charge in [-0.2, -0.15) is 13.2 Å². The predicted molar refractivity (Wildman–Crippen MR) is 110 cm³/mol. The minimum absolute atomic E-state index is 0.133. The first-order chi connectivity index (χ1) is 14.7. The van der Waals surface area contributed by atoms with Crippen molar-refractivity contribution in [1.82, 2.24) is 9.80 Å². The lowest BCUT2D eigenvalue weighted by molar-refractivity contribution is -0.146. The molecular weight excluding hydrogens is 405 g/mol. The molecule has 1 amide bonds. The molecule has 3 fully saturated rings. The summed E-state index contributed by atoms with van der Waals surface area (Å²) in [5, 5.41) is 0. The number of carbonyl (C=O) groups is 1. The molecule has 31 heavy (non-hydrogen) atoms. The van der Waals surface area contributed by atoms with E-state index in [1.165, 1.54) is 6.07 Å². The van der Waals surface area contributed by atoms with Crippen LogP contribution in [0.4, 0.5) is 13.2 Å². The van der Waals surface area contributed by atoms with E-state index >= 15 is 0 Å². The van der Waals surface area contributed by atoms with E-state index in [9.17, 15) is 18.0 Å². The second-order valence-corrected chi connectivity index (χ2v) is 10.2. The average Bonchev–Trinajstić information content (AvgIpc) is 3.47. The first kappa shape index (κ1) is 21.3. The zero-order valence-electron chi connectivity index (χ0n) is 18.3. The molecular formula is C24H31F3N2O2. The summed E-state index contributed by atoms with van der Waals surface area (Å²) in [6.07, 6.45) is 0.408. The summed E-state index contributed by atoms with van der Waals surface area (Å²) < 4.78 is 45.3. The normalized spacial score (nSPS) is 33.4. The average molecular weight is 437 g/mol. The Labute approximate surface area is 181 Å². The predicted octanol–water partition coefficient (Wildman–Crippen LogP) is 4.26. The lowest BCUT2D eigenvalue weighted by atomic mass is 9.73. The highest BCUT2D eigenvalue weighted by molar-refractivity contribution is 5.84. The molecule has 170 valence electrons. The molecule has 0 spiro atoms. The van der Waals surface area contributed by atoms with Crippen LogP contribution in [0.5, 0.6) is 0 Å². The third kappa shape index (κ3) is 3.58. The second-order valence-electron chi connectivity index (χ2n) is 10.2. The number of fused-ring (bicyclic) bond motifs is 3. The number of amides is 1. The van der Waals surface area contributed by atoms with E-state index in [0.717, 1.165) is 50.5 Å². The van der Waals surface area contributed by atoms with Gasteiger partial charge in [0.25, 0.3) is 0 Å². The first-order valence-electron chi connectivity index (χ1n) is 11.5. The van der Waals surface area contributed by atoms with Gasteiger partial charge in [0.05, 0.1) is 23.7 Å². The zero-order chi connectivity index (χ0) is 22.0. The van der Waals surface area contributed by atoms with E-state index < -0.39 is 17.2 Å². The molecule has 3 heterocycles. The van der Waals surface area contributed by atoms with Crippen molar-refractivity contribution in [3.8, 4) is 0 Å². The highest BCUT2D eigenvalue weighted by atomic mass is 19.4. The second kappa shape index (κ2) is 7.48. The van der Waals surface area contributed by atoms with Crippen molar-refractivity contribution in [3.05, 3.63) is 34.9 Å². The Hall–Kier alpha value is -1.60. The quantitative estimate of drug-likeness (QED) is 0.710. The van der Waals surface area contributed by atoms with Crippen molar-refractivity contribution in [2.75, 3.05) is 19.7 Å². The van der Waals surface area contributed by atoms with Crippen molar-refractivity contribution < 1.29 is 22.7 Å². The lowest BCUT2D eigenvalue weighted by Gasteiger charge is -2.40. The maximum absolute atomic E-state index is 13.8. The van der Waals surface area contributed by atoms with E-state index in [1.54, 1.807) is 6.07 Å². The third-order valence-corrected chi connectivity index (χ3v) is 8.30. The van der Waals surface area contributed by atoms with Gasteiger partial charge in [-0.25, -0.2) is 0 Å². The van der Waals surface area contributed by atoms with Gasteiger partial charge < -0.3 is 9.64 Å². The summed E-state index contributed by atoms with van der Waals surface area (Å²) in [6, 6.07) is 4.85. The number of rotatable bonds is 3. The standard InChI is InChI=1S/C24H31F3N2O2/c1-15(2)23(7-5-19(11-23)29-13-21-10-20(29)14-31-21)22(30)28-8-6-16-3-4-18(24(25,26)27)9-17(16)12-28/h3-4,9,15,19-21H,5-8,10-14H2,1-2H3/t19?,20?,21?,23-/m0/s1. The summed E-state index contributed by atoms with van der Waals surface area (Å²) in [7, 11) is 0. The van der Waals surface area contributed by atoms with Crippen molar-refractivity contribution in [3.63, 3.8) is 0 Å². The maximum atomic E-state index is 13.8. The molecule has 3 unspecified atom stereocenters. The van der Waals surface area contributed by atoms with Crippen molar-refractivity contribution in [1.29, 1.82) is 0 Å². The van der Waals surface area contributed by atoms with Crippen LogP contribution in [-0.2, 0) is 28.7 Å². The monoisotopic (exact) mass is 436 g/mol. The number of carbonyl (C=O) groups excluding carboxylic acids is 1. The van der Waals surface area contributed by atoms with Gasteiger partial charge in [0, 0.05) is 31.7 Å². The SMILES string of the molecule is CC(C)[C@]1(C(=O)N2CCc3ccc(C(F)(F)F)cc3C2)CCC(N2CC3CC2CO3)C1. The van der Waals surface area contributed by atoms with Gasteiger partial charge in [0.2, 0.25) is 5.91 Å². The largest absolute Gasteiger partial charge is 0.416 e. The molecule has 1 aliphatic carbocycles. The number of ether oxygens (including phenoxy) is 1. The van der Waals surface area contributed by atoms with Crippen LogP contribution in [0.25, 0.3) is 0 Å². The number of hydrogen-bond donors (Lipinski definition) is 0. The Morgan fingerprint density at radius 1 is 1.23 bits per heavy atom. The van der Waals surface area contributed by atoms with E-state index in [2.05, 4.69) is 18.7 Å². The van der Waals surface area contributed by atoms with Crippen LogP contribution in [-0.4, -0.2) is 53.6 Å². The minimum Gasteiger partial charge on any atom is -0.375 e. The topological polar surface area (TPSA) is 32.8 Å². The van der Waals surface area contributed by atoms with Gasteiger partial charge in [-0.3, -0.25) is 9.69 Å². The van der Waals surface area contributed by atoms with Crippen LogP contribution >= 0.6 is 0 Å². The Bertz CT molecular complexity index is 871. The molecule has 1 aromatic carbocycles. The summed E-state index contributed by atoms with van der Waals surface area (Å²) >= 11 is 0. The van der Waals surface area contributed by atoms with Gasteiger partial charge >= 0.3 is 6.18 Å². The van der Waals surface area contributed by atoms with Gasteiger partial charge in [-0.05, 0) is 61.3 Å². The number of morpholine rings is 1. The van der Waals surface area contributed by atoms with Crippen LogP contribution in [0.2, 0.25) is 0 Å². The zero-order valence-corrected chi connectivity index (χ0v) is 18.3. The van der Waals surface area contributed by atoms with Crippen LogP contribution in [0.3, 0.4) is 0 Å². The minimum atomic E-state index is -4.36. The molecule has 1 aromatic rings. The molecule has 0 aromatic heterocycles. The van der Waals surface area contributed by atoms with Gasteiger partial charge in [0.15, 0.2) is 0 Å². The van der Waals surface area contributed by atoms with E-state index in [4.69, 9.17) is 4.74 Å². The fourth-order valence-electron chi connectivity index (χ4n) is 6.40. The Balaban J connectivity index is 1.35. The van der Waals surface area contributed by atoms with Gasteiger partial charge in [-0.15, -0.1) is 0 Å². The number of likely N-dealkylation sites (tertiary alicyclic amines) is 1. The first-order valence-corrected chi connectivity index (χ1v) is 11.5. The van der Waals surface area contributed by atoms with Crippen LogP contribution in [0.15, 0.2) is 18.2 Å². The number of hydrogen-bond acceptors (Lipinski definition) is 3. The Morgan fingerprint density at radius 2 is 2.03 bits per heavy atom. The Kier molecular flexibility index (Phi) is 5.13. The molecule has 4 nitrogen and oxygen atoms in total. The highest BCUT2D eigenvalue weighted by Crippen LogP contribution is 2.49. The molecule has 4 aliphatic rings. The van der Waals surface area contributed by atoms with Crippen LogP contribution < -0.4 is 0 Å². The third-order valence-electron chi connectivity index (χ3n) is 8.30. The van der Waals surface area contributed by atoms with Crippen LogP contribution in [0, 0.1) is 11.3 Å². The van der Waals surface area contributed by atoms with Gasteiger partial charge in [-0.1, -0.05) is 19.9 Å². The van der Waals surface area contributed by atoms with Crippen molar-refractivity contribution in [2.24, 2.45) is 11.3 Å². The maximum Gasteiger partial charge on any atom is 0.416 e. The molecule has 0 radical (unpaired) electrons. The van der Waals surface area contributed by atoms with Gasteiger partial charge in [0.1, 0.15) is 0 Å². The van der Waals surface area contributed by atoms with E-state index in [0.29, 0.717) is 36.7 Å². The molecule has 3 aliphatic heterocycles. The summed E-state index contributed by atoms with van der Waals surface area (Å²) in [5.74, 6) is 0.331.